The van der Waals surface area contributed by atoms with Crippen LogP contribution in [0.1, 0.15) is 41.8 Å². The quantitative estimate of drug-likeness (QED) is 0.737. The number of anilines is 1. The molecule has 1 N–H and O–H groups in total. The topological polar surface area (TPSA) is 71.8 Å². The highest BCUT2D eigenvalue weighted by Crippen LogP contribution is 2.30. The third-order valence-corrected chi connectivity index (χ3v) is 5.08. The summed E-state index contributed by atoms with van der Waals surface area (Å²) in [6, 6.07) is 7.50. The fourth-order valence-electron chi connectivity index (χ4n) is 3.49. The SMILES string of the molecule is COc1ccc(C(=O)N2CCC[C@H](CCC(=O)Nc3ccc(C(F)(F)F)cc3)C2)o1. The maximum absolute atomic E-state index is 12.6. The average Bonchev–Trinajstić information content (AvgIpc) is 3.21. The number of alkyl halides is 3. The zero-order chi connectivity index (χ0) is 21.7. The van der Waals surface area contributed by atoms with Crippen LogP contribution < -0.4 is 10.1 Å². The number of nitrogens with zero attached hydrogens (tertiary/aromatic N) is 1. The molecule has 0 radical (unpaired) electrons. The molecule has 1 aliphatic heterocycles. The van der Waals surface area contributed by atoms with Crippen molar-refractivity contribution in [3.8, 4) is 5.95 Å². The van der Waals surface area contributed by atoms with E-state index in [0.717, 1.165) is 25.0 Å². The van der Waals surface area contributed by atoms with Gasteiger partial charge in [0.15, 0.2) is 5.76 Å². The minimum absolute atomic E-state index is 0.165. The van der Waals surface area contributed by atoms with E-state index >= 15 is 0 Å². The summed E-state index contributed by atoms with van der Waals surface area (Å²) in [5, 5.41) is 2.61. The molecule has 1 aromatic heterocycles. The molecule has 2 aromatic rings. The van der Waals surface area contributed by atoms with Gasteiger partial charge in [0.1, 0.15) is 0 Å². The number of benzene rings is 1. The number of carbonyl (C=O) groups excluding carboxylic acids is 2. The van der Waals surface area contributed by atoms with Crippen molar-refractivity contribution in [2.75, 3.05) is 25.5 Å². The van der Waals surface area contributed by atoms with Crippen LogP contribution in [0.4, 0.5) is 18.9 Å². The molecule has 0 unspecified atom stereocenters. The summed E-state index contributed by atoms with van der Waals surface area (Å²) in [5.74, 6) is 0.170. The van der Waals surface area contributed by atoms with E-state index in [1.807, 2.05) is 0 Å². The number of hydrogen-bond acceptors (Lipinski definition) is 4. The van der Waals surface area contributed by atoms with E-state index in [0.29, 0.717) is 25.2 Å². The fourth-order valence-corrected chi connectivity index (χ4v) is 3.49. The van der Waals surface area contributed by atoms with Crippen molar-refractivity contribution in [2.24, 2.45) is 5.92 Å². The van der Waals surface area contributed by atoms with Gasteiger partial charge in [0.05, 0.1) is 12.7 Å². The molecule has 0 spiro atoms. The summed E-state index contributed by atoms with van der Waals surface area (Å²) in [4.78, 5) is 26.4. The van der Waals surface area contributed by atoms with E-state index in [2.05, 4.69) is 5.32 Å². The Labute approximate surface area is 172 Å². The van der Waals surface area contributed by atoms with Crippen LogP contribution in [0.5, 0.6) is 5.95 Å². The normalized spacial score (nSPS) is 16.9. The predicted octanol–water partition coefficient (Wildman–Crippen LogP) is 4.58. The summed E-state index contributed by atoms with van der Waals surface area (Å²) in [6.45, 7) is 1.14. The number of hydrogen-bond donors (Lipinski definition) is 1. The Morgan fingerprint density at radius 2 is 1.93 bits per heavy atom. The molecule has 30 heavy (non-hydrogen) atoms. The fraction of sp³-hybridized carbons (Fsp3) is 0.429. The Bertz CT molecular complexity index is 877. The number of piperidine rings is 1. The molecule has 0 saturated carbocycles. The number of carbonyl (C=O) groups is 2. The zero-order valence-electron chi connectivity index (χ0n) is 16.5. The van der Waals surface area contributed by atoms with Gasteiger partial charge >= 0.3 is 6.18 Å². The van der Waals surface area contributed by atoms with Gasteiger partial charge < -0.3 is 19.4 Å². The van der Waals surface area contributed by atoms with E-state index < -0.39 is 11.7 Å². The molecule has 1 fully saturated rings. The second kappa shape index (κ2) is 9.23. The number of nitrogens with one attached hydrogen (secondary N) is 1. The number of amides is 2. The van der Waals surface area contributed by atoms with E-state index in [4.69, 9.17) is 9.15 Å². The molecule has 1 saturated heterocycles. The minimum Gasteiger partial charge on any atom is -0.468 e. The molecule has 0 aliphatic carbocycles. The first-order chi connectivity index (χ1) is 14.3. The van der Waals surface area contributed by atoms with Crippen molar-refractivity contribution in [2.45, 2.75) is 31.9 Å². The Morgan fingerprint density at radius 3 is 2.57 bits per heavy atom. The van der Waals surface area contributed by atoms with Gasteiger partial charge in [-0.25, -0.2) is 0 Å². The molecule has 1 aromatic carbocycles. The first-order valence-corrected chi connectivity index (χ1v) is 9.66. The van der Waals surface area contributed by atoms with Gasteiger partial charge in [-0.1, -0.05) is 0 Å². The maximum Gasteiger partial charge on any atom is 0.416 e. The molecule has 2 amide bonds. The summed E-state index contributed by atoms with van der Waals surface area (Å²) in [7, 11) is 1.46. The second-order valence-corrected chi connectivity index (χ2v) is 7.24. The first kappa shape index (κ1) is 21.7. The van der Waals surface area contributed by atoms with Crippen LogP contribution in [0.2, 0.25) is 0 Å². The van der Waals surface area contributed by atoms with Crippen LogP contribution >= 0.6 is 0 Å². The molecule has 162 valence electrons. The summed E-state index contributed by atoms with van der Waals surface area (Å²) in [5.41, 5.74) is -0.443. The van der Waals surface area contributed by atoms with Gasteiger partial charge in [-0.05, 0) is 55.5 Å². The van der Waals surface area contributed by atoms with Crippen molar-refractivity contribution in [1.82, 2.24) is 4.90 Å². The molecule has 2 heterocycles. The third-order valence-electron chi connectivity index (χ3n) is 5.08. The average molecular weight is 424 g/mol. The van der Waals surface area contributed by atoms with Crippen molar-refractivity contribution in [3.05, 3.63) is 47.7 Å². The minimum atomic E-state index is -4.41. The molecule has 6 nitrogen and oxygen atoms in total. The summed E-state index contributed by atoms with van der Waals surface area (Å²) >= 11 is 0. The number of ether oxygens (including phenoxy) is 1. The lowest BCUT2D eigenvalue weighted by atomic mass is 9.93. The Kier molecular flexibility index (Phi) is 6.69. The van der Waals surface area contributed by atoms with Crippen LogP contribution in [0.25, 0.3) is 0 Å². The molecule has 0 bridgehead atoms. The number of halogens is 3. The molecular weight excluding hydrogens is 401 g/mol. The Balaban J connectivity index is 1.48. The molecule has 3 rings (SSSR count). The lowest BCUT2D eigenvalue weighted by Gasteiger charge is -2.32. The summed E-state index contributed by atoms with van der Waals surface area (Å²) in [6.07, 6.45) is -1.87. The smallest absolute Gasteiger partial charge is 0.416 e. The van der Waals surface area contributed by atoms with E-state index in [1.54, 1.807) is 17.0 Å². The highest BCUT2D eigenvalue weighted by molar-refractivity contribution is 5.92. The largest absolute Gasteiger partial charge is 0.468 e. The van der Waals surface area contributed by atoms with Gasteiger partial charge in [0, 0.05) is 31.3 Å². The molecular formula is C21H23F3N2O4. The second-order valence-electron chi connectivity index (χ2n) is 7.24. The monoisotopic (exact) mass is 424 g/mol. The highest BCUT2D eigenvalue weighted by atomic mass is 19.4. The van der Waals surface area contributed by atoms with E-state index in [9.17, 15) is 22.8 Å². The molecule has 1 atom stereocenters. The zero-order valence-corrected chi connectivity index (χ0v) is 16.5. The van der Waals surface area contributed by atoms with Crippen molar-refractivity contribution < 1.29 is 31.9 Å². The standard InChI is InChI=1S/C21H23F3N2O4/c1-29-19-11-9-17(30-19)20(28)26-12-2-3-14(13-26)4-10-18(27)25-16-7-5-15(6-8-16)21(22,23)24/h5-9,11,14H,2-4,10,12-13H2,1H3,(H,25,27)/t14-/m1/s1. The highest BCUT2D eigenvalue weighted by Gasteiger charge is 2.30. The number of rotatable bonds is 6. The van der Waals surface area contributed by atoms with Crippen LogP contribution in [0.15, 0.2) is 40.8 Å². The maximum atomic E-state index is 12.6. The van der Waals surface area contributed by atoms with Gasteiger partial charge in [0.25, 0.3) is 11.9 Å². The summed E-state index contributed by atoms with van der Waals surface area (Å²) < 4.78 is 48.1. The van der Waals surface area contributed by atoms with Gasteiger partial charge in [-0.15, -0.1) is 0 Å². The van der Waals surface area contributed by atoms with Crippen molar-refractivity contribution in [3.63, 3.8) is 0 Å². The van der Waals surface area contributed by atoms with E-state index in [1.165, 1.54) is 19.2 Å². The van der Waals surface area contributed by atoms with Crippen LogP contribution in [0.3, 0.4) is 0 Å². The van der Waals surface area contributed by atoms with E-state index in [-0.39, 0.29) is 35.9 Å². The van der Waals surface area contributed by atoms with Gasteiger partial charge in [-0.2, -0.15) is 13.2 Å². The first-order valence-electron chi connectivity index (χ1n) is 9.66. The lowest BCUT2D eigenvalue weighted by Crippen LogP contribution is -2.40. The van der Waals surface area contributed by atoms with Gasteiger partial charge in [-0.3, -0.25) is 9.59 Å². The lowest BCUT2D eigenvalue weighted by molar-refractivity contribution is -0.137. The number of likely N-dealkylation sites (tertiary alicyclic amines) is 1. The molecule has 9 heteroatoms. The van der Waals surface area contributed by atoms with Crippen LogP contribution in [-0.4, -0.2) is 36.9 Å². The number of methoxy groups -OCH3 is 1. The van der Waals surface area contributed by atoms with Crippen LogP contribution in [0, 0.1) is 5.92 Å². The van der Waals surface area contributed by atoms with Crippen molar-refractivity contribution >= 4 is 17.5 Å². The Morgan fingerprint density at radius 1 is 1.20 bits per heavy atom. The predicted molar refractivity (Wildman–Crippen MR) is 103 cm³/mol. The van der Waals surface area contributed by atoms with Crippen LogP contribution in [-0.2, 0) is 11.0 Å². The van der Waals surface area contributed by atoms with Gasteiger partial charge in [0.2, 0.25) is 5.91 Å². The molecule has 1 aliphatic rings. The number of furan rings is 1. The van der Waals surface area contributed by atoms with Crippen molar-refractivity contribution in [1.29, 1.82) is 0 Å². The Hall–Kier alpha value is -2.97. The third kappa shape index (κ3) is 5.55.